The summed E-state index contributed by atoms with van der Waals surface area (Å²) in [5.74, 6) is 0. The number of rotatable bonds is 6. The van der Waals surface area contributed by atoms with Crippen molar-refractivity contribution in [2.45, 2.75) is 65.2 Å². The van der Waals surface area contributed by atoms with Gasteiger partial charge in [-0.1, -0.05) is 40.0 Å². The summed E-state index contributed by atoms with van der Waals surface area (Å²) in [6.45, 7) is 8.78. The maximum atomic E-state index is 4.54. The van der Waals surface area contributed by atoms with Gasteiger partial charge in [0, 0.05) is 17.8 Å². The van der Waals surface area contributed by atoms with Crippen molar-refractivity contribution in [3.8, 4) is 0 Å². The van der Waals surface area contributed by atoms with Crippen molar-refractivity contribution in [2.24, 2.45) is 0 Å². The summed E-state index contributed by atoms with van der Waals surface area (Å²) in [7, 11) is 0. The molecule has 0 amide bonds. The summed E-state index contributed by atoms with van der Waals surface area (Å²) >= 11 is 0. The predicted molar refractivity (Wildman–Crippen MR) is 68.6 cm³/mol. The molecule has 90 valence electrons. The molecule has 0 N–H and O–H groups in total. The average molecular weight is 220 g/mol. The Morgan fingerprint density at radius 2 is 1.88 bits per heavy atom. The molecular weight excluding hydrogens is 196 g/mol. The fraction of sp³-hybridized carbons (Fsp3) is 0.714. The molecule has 2 nitrogen and oxygen atoms in total. The standard InChI is InChI=1S/C14H24N2/c1-5-7-8-9-14(4,6-2)13-11-15-12(3)10-16-13/h10-11H,5-9H2,1-4H3. The summed E-state index contributed by atoms with van der Waals surface area (Å²) in [6.07, 6.45) is 10.1. The van der Waals surface area contributed by atoms with Crippen LogP contribution in [0, 0.1) is 6.92 Å². The van der Waals surface area contributed by atoms with Crippen molar-refractivity contribution in [1.82, 2.24) is 9.97 Å². The molecular formula is C14H24N2. The summed E-state index contributed by atoms with van der Waals surface area (Å²) in [5, 5.41) is 0. The third kappa shape index (κ3) is 3.29. The summed E-state index contributed by atoms with van der Waals surface area (Å²) in [4.78, 5) is 8.90. The van der Waals surface area contributed by atoms with E-state index < -0.39 is 0 Å². The Kier molecular flexibility index (Phi) is 4.91. The molecule has 2 heteroatoms. The van der Waals surface area contributed by atoms with E-state index in [-0.39, 0.29) is 5.41 Å². The van der Waals surface area contributed by atoms with E-state index in [2.05, 4.69) is 30.7 Å². The van der Waals surface area contributed by atoms with Gasteiger partial charge < -0.3 is 0 Å². The fourth-order valence-electron chi connectivity index (χ4n) is 1.96. The van der Waals surface area contributed by atoms with Crippen molar-refractivity contribution in [3.63, 3.8) is 0 Å². The van der Waals surface area contributed by atoms with E-state index in [0.29, 0.717) is 0 Å². The van der Waals surface area contributed by atoms with Gasteiger partial charge in [0.1, 0.15) is 0 Å². The molecule has 1 heterocycles. The van der Waals surface area contributed by atoms with E-state index in [1.54, 1.807) is 0 Å². The van der Waals surface area contributed by atoms with Crippen LogP contribution in [-0.2, 0) is 5.41 Å². The number of nitrogens with zero attached hydrogens (tertiary/aromatic N) is 2. The van der Waals surface area contributed by atoms with Gasteiger partial charge >= 0.3 is 0 Å². The molecule has 0 aliphatic heterocycles. The molecule has 0 aliphatic rings. The van der Waals surface area contributed by atoms with Crippen LogP contribution in [0.4, 0.5) is 0 Å². The average Bonchev–Trinajstić information content (AvgIpc) is 2.30. The lowest BCUT2D eigenvalue weighted by Crippen LogP contribution is -2.22. The predicted octanol–water partition coefficient (Wildman–Crippen LogP) is 4.03. The molecule has 16 heavy (non-hydrogen) atoms. The molecule has 0 bridgehead atoms. The Hall–Kier alpha value is -0.920. The second-order valence-corrected chi connectivity index (χ2v) is 4.91. The molecule has 1 rings (SSSR count). The highest BCUT2D eigenvalue weighted by Gasteiger charge is 2.25. The van der Waals surface area contributed by atoms with E-state index in [1.807, 2.05) is 19.3 Å². The van der Waals surface area contributed by atoms with Crippen LogP contribution in [0.15, 0.2) is 12.4 Å². The van der Waals surface area contributed by atoms with E-state index >= 15 is 0 Å². The zero-order valence-corrected chi connectivity index (χ0v) is 11.1. The van der Waals surface area contributed by atoms with Crippen LogP contribution < -0.4 is 0 Å². The van der Waals surface area contributed by atoms with Crippen LogP contribution in [0.5, 0.6) is 0 Å². The normalized spacial score (nSPS) is 14.8. The van der Waals surface area contributed by atoms with Gasteiger partial charge in [0.05, 0.1) is 11.4 Å². The Morgan fingerprint density at radius 1 is 1.12 bits per heavy atom. The molecule has 0 saturated heterocycles. The molecule has 0 radical (unpaired) electrons. The van der Waals surface area contributed by atoms with Gasteiger partial charge in [-0.25, -0.2) is 0 Å². The van der Waals surface area contributed by atoms with Crippen LogP contribution in [0.2, 0.25) is 0 Å². The molecule has 1 unspecified atom stereocenters. The minimum Gasteiger partial charge on any atom is -0.258 e. The highest BCUT2D eigenvalue weighted by atomic mass is 14.8. The monoisotopic (exact) mass is 220 g/mol. The summed E-state index contributed by atoms with van der Waals surface area (Å²) < 4.78 is 0. The van der Waals surface area contributed by atoms with Gasteiger partial charge in [0.15, 0.2) is 0 Å². The van der Waals surface area contributed by atoms with Crippen LogP contribution in [0.25, 0.3) is 0 Å². The third-order valence-corrected chi connectivity index (χ3v) is 3.51. The van der Waals surface area contributed by atoms with Crippen LogP contribution in [-0.4, -0.2) is 9.97 Å². The van der Waals surface area contributed by atoms with Crippen molar-refractivity contribution in [2.75, 3.05) is 0 Å². The number of hydrogen-bond acceptors (Lipinski definition) is 2. The van der Waals surface area contributed by atoms with Crippen molar-refractivity contribution >= 4 is 0 Å². The lowest BCUT2D eigenvalue weighted by molar-refractivity contribution is 0.386. The Balaban J connectivity index is 2.74. The smallest absolute Gasteiger partial charge is 0.0645 e. The number of hydrogen-bond donors (Lipinski definition) is 0. The van der Waals surface area contributed by atoms with Gasteiger partial charge in [-0.15, -0.1) is 0 Å². The van der Waals surface area contributed by atoms with Crippen molar-refractivity contribution < 1.29 is 0 Å². The first-order chi connectivity index (χ1) is 7.62. The molecule has 0 saturated carbocycles. The lowest BCUT2D eigenvalue weighted by atomic mass is 9.79. The molecule has 0 fully saturated rings. The number of unbranched alkanes of at least 4 members (excludes halogenated alkanes) is 2. The fourth-order valence-corrected chi connectivity index (χ4v) is 1.96. The zero-order chi connectivity index (χ0) is 12.0. The van der Waals surface area contributed by atoms with Gasteiger partial charge in [0.25, 0.3) is 0 Å². The van der Waals surface area contributed by atoms with Crippen LogP contribution >= 0.6 is 0 Å². The zero-order valence-electron chi connectivity index (χ0n) is 11.1. The lowest BCUT2D eigenvalue weighted by Gasteiger charge is -2.27. The van der Waals surface area contributed by atoms with Gasteiger partial charge in [0.2, 0.25) is 0 Å². The third-order valence-electron chi connectivity index (χ3n) is 3.51. The van der Waals surface area contributed by atoms with E-state index in [9.17, 15) is 0 Å². The largest absolute Gasteiger partial charge is 0.258 e. The maximum Gasteiger partial charge on any atom is 0.0645 e. The minimum atomic E-state index is 0.204. The molecule has 0 spiro atoms. The number of aryl methyl sites for hydroxylation is 1. The highest BCUT2D eigenvalue weighted by molar-refractivity contribution is 5.12. The molecule has 0 aliphatic carbocycles. The Labute approximate surface area is 99.5 Å². The first-order valence-corrected chi connectivity index (χ1v) is 6.41. The quantitative estimate of drug-likeness (QED) is 0.676. The Morgan fingerprint density at radius 3 is 2.38 bits per heavy atom. The molecule has 1 aromatic rings. The molecule has 0 aromatic carbocycles. The molecule has 1 atom stereocenters. The first-order valence-electron chi connectivity index (χ1n) is 6.41. The maximum absolute atomic E-state index is 4.54. The second-order valence-electron chi connectivity index (χ2n) is 4.91. The second kappa shape index (κ2) is 5.97. The van der Waals surface area contributed by atoms with Gasteiger partial charge in [-0.3, -0.25) is 9.97 Å². The topological polar surface area (TPSA) is 25.8 Å². The van der Waals surface area contributed by atoms with Crippen LogP contribution in [0.1, 0.15) is 64.3 Å². The molecule has 1 aromatic heterocycles. The minimum absolute atomic E-state index is 0.204. The number of aromatic nitrogens is 2. The summed E-state index contributed by atoms with van der Waals surface area (Å²) in [5.41, 5.74) is 2.35. The van der Waals surface area contributed by atoms with Crippen molar-refractivity contribution in [1.29, 1.82) is 0 Å². The summed E-state index contributed by atoms with van der Waals surface area (Å²) in [6, 6.07) is 0. The van der Waals surface area contributed by atoms with Crippen LogP contribution in [0.3, 0.4) is 0 Å². The van der Waals surface area contributed by atoms with E-state index in [4.69, 9.17) is 0 Å². The van der Waals surface area contributed by atoms with E-state index in [1.165, 1.54) is 25.7 Å². The SMILES string of the molecule is CCCCCC(C)(CC)c1cnc(C)cn1. The van der Waals surface area contributed by atoms with Crippen molar-refractivity contribution in [3.05, 3.63) is 23.8 Å². The highest BCUT2D eigenvalue weighted by Crippen LogP contribution is 2.31. The van der Waals surface area contributed by atoms with Gasteiger partial charge in [-0.2, -0.15) is 0 Å². The van der Waals surface area contributed by atoms with E-state index in [0.717, 1.165) is 17.8 Å². The van der Waals surface area contributed by atoms with Gasteiger partial charge in [-0.05, 0) is 19.8 Å². The first kappa shape index (κ1) is 13.1. The Bertz CT molecular complexity index is 305.